The summed E-state index contributed by atoms with van der Waals surface area (Å²) in [5.41, 5.74) is 0.189. The molecule has 1 amide bonds. The molecule has 2 aromatic rings. The van der Waals surface area contributed by atoms with Gasteiger partial charge < -0.3 is 9.84 Å². The molecule has 0 aliphatic heterocycles. The molecule has 0 saturated heterocycles. The van der Waals surface area contributed by atoms with Gasteiger partial charge >= 0.3 is 0 Å². The zero-order valence-electron chi connectivity index (χ0n) is 17.8. The van der Waals surface area contributed by atoms with Crippen LogP contribution in [0.2, 0.25) is 0 Å². The number of aromatic nitrogens is 2. The maximum atomic E-state index is 12.8. The number of thioether (sulfide) groups is 1. The summed E-state index contributed by atoms with van der Waals surface area (Å²) in [5, 5.41) is 18.5. The summed E-state index contributed by atoms with van der Waals surface area (Å²) in [6, 6.07) is 4.16. The molecule has 1 aromatic heterocycles. The number of hydrogen-bond donors (Lipinski definition) is 1. The lowest BCUT2D eigenvalue weighted by molar-refractivity contribution is -0.387. The van der Waals surface area contributed by atoms with Gasteiger partial charge in [-0.1, -0.05) is 32.9 Å². The van der Waals surface area contributed by atoms with Gasteiger partial charge in [0, 0.05) is 17.5 Å². The van der Waals surface area contributed by atoms with Gasteiger partial charge in [-0.15, -0.1) is 11.8 Å². The molecule has 1 unspecified atom stereocenters. The molecular formula is C21H28N4O4S. The van der Waals surface area contributed by atoms with Crippen LogP contribution in [0.25, 0.3) is 0 Å². The van der Waals surface area contributed by atoms with Crippen LogP contribution in [-0.4, -0.2) is 26.7 Å². The van der Waals surface area contributed by atoms with Crippen LogP contribution in [0.1, 0.15) is 81.0 Å². The molecule has 1 aromatic carbocycles. The van der Waals surface area contributed by atoms with Crippen molar-refractivity contribution in [3.8, 4) is 0 Å². The van der Waals surface area contributed by atoms with E-state index < -0.39 is 16.9 Å². The minimum atomic E-state index is -0.461. The Kier molecular flexibility index (Phi) is 7.12. The van der Waals surface area contributed by atoms with Gasteiger partial charge in [0.2, 0.25) is 5.89 Å². The number of rotatable bonds is 10. The lowest BCUT2D eigenvalue weighted by Gasteiger charge is -2.18. The predicted octanol–water partition coefficient (Wildman–Crippen LogP) is 5.12. The van der Waals surface area contributed by atoms with Crippen molar-refractivity contribution >= 4 is 23.4 Å². The van der Waals surface area contributed by atoms with Crippen LogP contribution >= 0.6 is 11.8 Å². The molecule has 8 nitrogen and oxygen atoms in total. The van der Waals surface area contributed by atoms with Crippen LogP contribution < -0.4 is 5.32 Å². The molecule has 9 heteroatoms. The van der Waals surface area contributed by atoms with E-state index in [2.05, 4.69) is 29.3 Å². The molecule has 1 heterocycles. The van der Waals surface area contributed by atoms with E-state index in [4.69, 9.17) is 4.52 Å². The topological polar surface area (TPSA) is 111 Å². The third-order valence-corrected chi connectivity index (χ3v) is 6.09. The van der Waals surface area contributed by atoms with Crippen LogP contribution in [0.4, 0.5) is 5.69 Å². The van der Waals surface area contributed by atoms with Crippen LogP contribution in [0.15, 0.2) is 27.6 Å². The average molecular weight is 433 g/mol. The van der Waals surface area contributed by atoms with Crippen molar-refractivity contribution in [2.24, 2.45) is 11.8 Å². The fourth-order valence-electron chi connectivity index (χ4n) is 2.95. The summed E-state index contributed by atoms with van der Waals surface area (Å²) in [6.07, 6.45) is 3.08. The Morgan fingerprint density at radius 1 is 1.33 bits per heavy atom. The zero-order chi connectivity index (χ0) is 21.8. The average Bonchev–Trinajstić information content (AvgIpc) is 3.43. The molecule has 3 rings (SSSR count). The van der Waals surface area contributed by atoms with Crippen molar-refractivity contribution in [2.75, 3.05) is 5.75 Å². The van der Waals surface area contributed by atoms with Gasteiger partial charge in [-0.2, -0.15) is 4.98 Å². The Hall–Kier alpha value is -2.42. The number of nitrogens with one attached hydrogen (secondary N) is 1. The summed E-state index contributed by atoms with van der Waals surface area (Å²) >= 11 is 1.44. The number of amides is 1. The molecule has 1 aliphatic rings. The number of carbonyl (C=O) groups excluding carboxylic acids is 1. The number of nitro benzene ring substituents is 1. The van der Waals surface area contributed by atoms with Gasteiger partial charge in [0.1, 0.15) is 6.04 Å². The van der Waals surface area contributed by atoms with Crippen LogP contribution in [-0.2, 0) is 0 Å². The van der Waals surface area contributed by atoms with Gasteiger partial charge in [-0.05, 0) is 49.0 Å². The quantitative estimate of drug-likeness (QED) is 0.315. The standard InChI is InChI=1S/C21H28N4O4S/c1-12(2)9-10-30-17-8-7-15(11-16(17)25(27)28)20(26)22-18(13(3)4)21-23-19(24-29-21)14-5-6-14/h7-8,11-14,18H,5-6,9-10H2,1-4H3,(H,22,26). The molecular weight excluding hydrogens is 404 g/mol. The van der Waals surface area contributed by atoms with Gasteiger partial charge in [-0.25, -0.2) is 0 Å². The van der Waals surface area contributed by atoms with E-state index in [0.29, 0.717) is 28.4 Å². The Morgan fingerprint density at radius 3 is 2.67 bits per heavy atom. The lowest BCUT2D eigenvalue weighted by atomic mass is 10.0. The number of carbonyl (C=O) groups is 1. The largest absolute Gasteiger partial charge is 0.340 e. The van der Waals surface area contributed by atoms with E-state index in [1.165, 1.54) is 17.8 Å². The van der Waals surface area contributed by atoms with Gasteiger partial charge in [0.25, 0.3) is 11.6 Å². The highest BCUT2D eigenvalue weighted by molar-refractivity contribution is 7.99. The van der Waals surface area contributed by atoms with E-state index in [1.807, 2.05) is 13.8 Å². The molecule has 0 radical (unpaired) electrons. The van der Waals surface area contributed by atoms with Crippen molar-refractivity contribution in [2.45, 2.75) is 63.8 Å². The normalized spacial score (nSPS) is 14.9. The maximum absolute atomic E-state index is 12.8. The fraction of sp³-hybridized carbons (Fsp3) is 0.571. The molecule has 1 fully saturated rings. The fourth-order valence-corrected chi connectivity index (χ4v) is 4.20. The second-order valence-electron chi connectivity index (χ2n) is 8.43. The monoisotopic (exact) mass is 432 g/mol. The highest BCUT2D eigenvalue weighted by Crippen LogP contribution is 2.39. The summed E-state index contributed by atoms with van der Waals surface area (Å²) in [5.74, 6) is 2.34. The zero-order valence-corrected chi connectivity index (χ0v) is 18.6. The minimum absolute atomic E-state index is 0.0160. The Morgan fingerprint density at radius 2 is 2.07 bits per heavy atom. The molecule has 1 aliphatic carbocycles. The maximum Gasteiger partial charge on any atom is 0.283 e. The van der Waals surface area contributed by atoms with Gasteiger partial charge in [0.05, 0.1) is 9.82 Å². The van der Waals surface area contributed by atoms with E-state index >= 15 is 0 Å². The highest BCUT2D eigenvalue weighted by atomic mass is 32.2. The van der Waals surface area contributed by atoms with Crippen molar-refractivity contribution in [3.63, 3.8) is 0 Å². The van der Waals surface area contributed by atoms with Gasteiger partial charge in [-0.3, -0.25) is 14.9 Å². The number of hydrogen-bond acceptors (Lipinski definition) is 7. The van der Waals surface area contributed by atoms with Crippen LogP contribution in [0.5, 0.6) is 0 Å². The first-order valence-corrected chi connectivity index (χ1v) is 11.3. The Bertz CT molecular complexity index is 908. The molecule has 0 bridgehead atoms. The second-order valence-corrected chi connectivity index (χ2v) is 9.57. The Balaban J connectivity index is 1.75. The second kappa shape index (κ2) is 9.59. The van der Waals surface area contributed by atoms with E-state index in [1.54, 1.807) is 12.1 Å². The number of nitro groups is 1. The smallest absolute Gasteiger partial charge is 0.283 e. The van der Waals surface area contributed by atoms with E-state index in [-0.39, 0.29) is 17.2 Å². The van der Waals surface area contributed by atoms with Crippen molar-refractivity contribution < 1.29 is 14.2 Å². The molecule has 30 heavy (non-hydrogen) atoms. The molecule has 162 valence electrons. The van der Waals surface area contributed by atoms with Crippen LogP contribution in [0.3, 0.4) is 0 Å². The summed E-state index contributed by atoms with van der Waals surface area (Å²) in [6.45, 7) is 8.13. The van der Waals surface area contributed by atoms with E-state index in [9.17, 15) is 14.9 Å². The number of nitrogens with zero attached hydrogens (tertiary/aromatic N) is 3. The molecule has 1 N–H and O–H groups in total. The summed E-state index contributed by atoms with van der Waals surface area (Å²) < 4.78 is 5.38. The third-order valence-electron chi connectivity index (χ3n) is 4.99. The van der Waals surface area contributed by atoms with Crippen molar-refractivity contribution in [1.82, 2.24) is 15.5 Å². The highest BCUT2D eigenvalue weighted by Gasteiger charge is 2.32. The Labute approximate surface area is 180 Å². The molecule has 1 saturated carbocycles. The molecule has 1 atom stereocenters. The first-order valence-electron chi connectivity index (χ1n) is 10.3. The first kappa shape index (κ1) is 22.3. The van der Waals surface area contributed by atoms with Crippen LogP contribution in [0, 0.1) is 22.0 Å². The third kappa shape index (κ3) is 5.59. The van der Waals surface area contributed by atoms with Gasteiger partial charge in [0.15, 0.2) is 5.82 Å². The molecule has 0 spiro atoms. The first-order chi connectivity index (χ1) is 14.3. The summed E-state index contributed by atoms with van der Waals surface area (Å²) in [4.78, 5) is 29.0. The lowest BCUT2D eigenvalue weighted by Crippen LogP contribution is -2.32. The van der Waals surface area contributed by atoms with Crippen molar-refractivity contribution in [3.05, 3.63) is 45.6 Å². The summed E-state index contributed by atoms with van der Waals surface area (Å²) in [7, 11) is 0. The van der Waals surface area contributed by atoms with E-state index in [0.717, 1.165) is 25.0 Å². The minimum Gasteiger partial charge on any atom is -0.340 e. The number of benzene rings is 1. The predicted molar refractivity (Wildman–Crippen MR) is 115 cm³/mol. The van der Waals surface area contributed by atoms with Crippen molar-refractivity contribution in [1.29, 1.82) is 0 Å². The SMILES string of the molecule is CC(C)CCSc1ccc(C(=O)NC(c2nc(C3CC3)no2)C(C)C)cc1[N+](=O)[O-].